The van der Waals surface area contributed by atoms with Gasteiger partial charge in [-0.25, -0.2) is 0 Å². The first-order valence-corrected chi connectivity index (χ1v) is 8.51. The van der Waals surface area contributed by atoms with Crippen LogP contribution in [-0.4, -0.2) is 34.8 Å². The Balaban J connectivity index is 1.63. The van der Waals surface area contributed by atoms with Gasteiger partial charge in [0.15, 0.2) is 0 Å². The first-order valence-electron chi connectivity index (χ1n) is 6.95. The van der Waals surface area contributed by atoms with Crippen molar-refractivity contribution in [2.24, 2.45) is 5.73 Å². The number of thioether (sulfide) groups is 1. The van der Waals surface area contributed by atoms with E-state index < -0.39 is 0 Å². The lowest BCUT2D eigenvalue weighted by Gasteiger charge is -2.37. The van der Waals surface area contributed by atoms with Gasteiger partial charge >= 0.3 is 0 Å². The summed E-state index contributed by atoms with van der Waals surface area (Å²) < 4.78 is 12.1. The molecule has 0 bridgehead atoms. The van der Waals surface area contributed by atoms with Crippen LogP contribution < -0.4 is 10.5 Å². The highest BCUT2D eigenvalue weighted by Crippen LogP contribution is 2.39. The van der Waals surface area contributed by atoms with Gasteiger partial charge in [0.25, 0.3) is 0 Å². The standard InChI is InChI=1S/C15H19NO2S2/c16-14(19)11-1-3-12(4-2-11)18-13-5-7-17-15(9-13)6-8-20-10-15/h1-4,13H,5-10H2,(H2,16,19). The lowest BCUT2D eigenvalue weighted by Crippen LogP contribution is -2.43. The summed E-state index contributed by atoms with van der Waals surface area (Å²) in [7, 11) is 0. The van der Waals surface area contributed by atoms with E-state index in [1.54, 1.807) is 0 Å². The molecule has 0 amide bonds. The summed E-state index contributed by atoms with van der Waals surface area (Å²) in [6.07, 6.45) is 3.36. The fraction of sp³-hybridized carbons (Fsp3) is 0.533. The number of rotatable bonds is 3. The molecule has 2 unspecified atom stereocenters. The van der Waals surface area contributed by atoms with Crippen LogP contribution in [0.1, 0.15) is 24.8 Å². The molecular weight excluding hydrogens is 290 g/mol. The molecule has 5 heteroatoms. The van der Waals surface area contributed by atoms with Crippen molar-refractivity contribution >= 4 is 29.0 Å². The number of ether oxygens (including phenoxy) is 2. The molecule has 108 valence electrons. The van der Waals surface area contributed by atoms with Crippen LogP contribution in [-0.2, 0) is 4.74 Å². The van der Waals surface area contributed by atoms with Crippen LogP contribution in [0.25, 0.3) is 0 Å². The molecule has 0 aliphatic carbocycles. The second kappa shape index (κ2) is 5.92. The summed E-state index contributed by atoms with van der Waals surface area (Å²) in [6.45, 7) is 0.802. The molecule has 2 heterocycles. The highest BCUT2D eigenvalue weighted by Gasteiger charge is 2.41. The summed E-state index contributed by atoms with van der Waals surface area (Å²) in [5.41, 5.74) is 6.54. The molecule has 2 aliphatic heterocycles. The predicted molar refractivity (Wildman–Crippen MR) is 86.6 cm³/mol. The van der Waals surface area contributed by atoms with Gasteiger partial charge < -0.3 is 15.2 Å². The zero-order valence-electron chi connectivity index (χ0n) is 11.3. The number of benzene rings is 1. The maximum absolute atomic E-state index is 6.10. The predicted octanol–water partition coefficient (Wildman–Crippen LogP) is 2.75. The molecule has 1 spiro atoms. The summed E-state index contributed by atoms with van der Waals surface area (Å²) in [5.74, 6) is 3.19. The van der Waals surface area contributed by atoms with Gasteiger partial charge in [-0.3, -0.25) is 0 Å². The van der Waals surface area contributed by atoms with Gasteiger partial charge in [-0.1, -0.05) is 12.2 Å². The molecule has 1 aromatic rings. The molecule has 0 aromatic heterocycles. The van der Waals surface area contributed by atoms with Crippen LogP contribution in [0.15, 0.2) is 24.3 Å². The Kier molecular flexibility index (Phi) is 4.19. The normalized spacial score (nSPS) is 29.5. The van der Waals surface area contributed by atoms with Crippen LogP contribution in [0.3, 0.4) is 0 Å². The summed E-state index contributed by atoms with van der Waals surface area (Å²) in [4.78, 5) is 0.421. The second-order valence-corrected chi connectivity index (χ2v) is 7.00. The maximum Gasteiger partial charge on any atom is 0.119 e. The van der Waals surface area contributed by atoms with E-state index >= 15 is 0 Å². The van der Waals surface area contributed by atoms with Gasteiger partial charge in [-0.2, -0.15) is 11.8 Å². The minimum Gasteiger partial charge on any atom is -0.490 e. The van der Waals surface area contributed by atoms with Crippen molar-refractivity contribution < 1.29 is 9.47 Å². The molecule has 2 N–H and O–H groups in total. The quantitative estimate of drug-likeness (QED) is 0.870. The number of thiocarbonyl (C=S) groups is 1. The van der Waals surface area contributed by atoms with Crippen molar-refractivity contribution in [1.82, 2.24) is 0 Å². The van der Waals surface area contributed by atoms with Crippen molar-refractivity contribution in [2.75, 3.05) is 18.1 Å². The highest BCUT2D eigenvalue weighted by atomic mass is 32.2. The van der Waals surface area contributed by atoms with E-state index in [9.17, 15) is 0 Å². The first kappa shape index (κ1) is 14.2. The summed E-state index contributed by atoms with van der Waals surface area (Å²) in [6, 6.07) is 7.72. The molecule has 1 aromatic carbocycles. The van der Waals surface area contributed by atoms with E-state index in [1.165, 1.54) is 5.75 Å². The Morgan fingerprint density at radius 2 is 2.20 bits per heavy atom. The minimum absolute atomic E-state index is 0.0619. The van der Waals surface area contributed by atoms with Crippen LogP contribution in [0, 0.1) is 0 Å². The van der Waals surface area contributed by atoms with E-state index in [-0.39, 0.29) is 11.7 Å². The smallest absolute Gasteiger partial charge is 0.119 e. The lowest BCUT2D eigenvalue weighted by atomic mass is 9.91. The Morgan fingerprint density at radius 3 is 2.85 bits per heavy atom. The number of hydrogen-bond acceptors (Lipinski definition) is 4. The summed E-state index contributed by atoms with van der Waals surface area (Å²) in [5, 5.41) is 0. The molecule has 2 saturated heterocycles. The zero-order chi connectivity index (χ0) is 14.0. The van der Waals surface area contributed by atoms with Crippen molar-refractivity contribution in [3.8, 4) is 5.75 Å². The van der Waals surface area contributed by atoms with E-state index in [0.717, 1.165) is 42.9 Å². The van der Waals surface area contributed by atoms with Gasteiger partial charge in [-0.05, 0) is 36.4 Å². The van der Waals surface area contributed by atoms with Gasteiger partial charge in [0.2, 0.25) is 0 Å². The Hall–Kier alpha value is -0.780. The van der Waals surface area contributed by atoms with Gasteiger partial charge in [0.1, 0.15) is 16.8 Å². The van der Waals surface area contributed by atoms with Crippen LogP contribution in [0.2, 0.25) is 0 Å². The average Bonchev–Trinajstić information content (AvgIpc) is 2.87. The number of hydrogen-bond donors (Lipinski definition) is 1. The summed E-state index contributed by atoms with van der Waals surface area (Å²) >= 11 is 6.94. The van der Waals surface area contributed by atoms with E-state index in [0.29, 0.717) is 4.99 Å². The largest absolute Gasteiger partial charge is 0.490 e. The van der Waals surface area contributed by atoms with Crippen molar-refractivity contribution in [3.63, 3.8) is 0 Å². The third-order valence-electron chi connectivity index (χ3n) is 3.96. The molecule has 2 fully saturated rings. The van der Waals surface area contributed by atoms with Gasteiger partial charge in [-0.15, -0.1) is 0 Å². The zero-order valence-corrected chi connectivity index (χ0v) is 13.0. The number of nitrogens with two attached hydrogens (primary N) is 1. The minimum atomic E-state index is 0.0619. The van der Waals surface area contributed by atoms with E-state index in [1.807, 2.05) is 36.0 Å². The Morgan fingerprint density at radius 1 is 1.40 bits per heavy atom. The third-order valence-corrected chi connectivity index (χ3v) is 5.42. The first-order chi connectivity index (χ1) is 9.67. The highest BCUT2D eigenvalue weighted by molar-refractivity contribution is 7.99. The average molecular weight is 309 g/mol. The molecule has 2 aliphatic rings. The van der Waals surface area contributed by atoms with Crippen molar-refractivity contribution in [3.05, 3.63) is 29.8 Å². The van der Waals surface area contributed by atoms with Crippen LogP contribution in [0.5, 0.6) is 5.75 Å². The molecule has 3 nitrogen and oxygen atoms in total. The van der Waals surface area contributed by atoms with E-state index in [2.05, 4.69) is 0 Å². The SMILES string of the molecule is NC(=S)c1ccc(OC2CCOC3(CCSC3)C2)cc1. The van der Waals surface area contributed by atoms with Gasteiger partial charge in [0, 0.05) is 24.2 Å². The Bertz CT molecular complexity index is 483. The molecule has 0 saturated carbocycles. The molecule has 3 rings (SSSR count). The maximum atomic E-state index is 6.10. The fourth-order valence-corrected chi connectivity index (χ4v) is 4.35. The fourth-order valence-electron chi connectivity index (χ4n) is 2.84. The molecular formula is C15H19NO2S2. The van der Waals surface area contributed by atoms with Crippen molar-refractivity contribution in [2.45, 2.75) is 31.0 Å². The van der Waals surface area contributed by atoms with Gasteiger partial charge in [0.05, 0.1) is 12.2 Å². The third kappa shape index (κ3) is 3.10. The lowest BCUT2D eigenvalue weighted by molar-refractivity contribution is -0.0958. The van der Waals surface area contributed by atoms with E-state index in [4.69, 9.17) is 27.4 Å². The molecule has 0 radical (unpaired) electrons. The molecule has 2 atom stereocenters. The van der Waals surface area contributed by atoms with Crippen LogP contribution in [0.4, 0.5) is 0 Å². The topological polar surface area (TPSA) is 44.5 Å². The van der Waals surface area contributed by atoms with Crippen LogP contribution >= 0.6 is 24.0 Å². The monoisotopic (exact) mass is 309 g/mol. The second-order valence-electron chi connectivity index (χ2n) is 5.46. The van der Waals surface area contributed by atoms with Crippen molar-refractivity contribution in [1.29, 1.82) is 0 Å². The molecule has 20 heavy (non-hydrogen) atoms. The Labute approximate surface area is 129 Å².